The van der Waals surface area contributed by atoms with Gasteiger partial charge in [-0.05, 0) is 43.5 Å². The quantitative estimate of drug-likeness (QED) is 0.447. The van der Waals surface area contributed by atoms with E-state index in [0.717, 1.165) is 5.56 Å². The maximum absolute atomic E-state index is 12.7. The topological polar surface area (TPSA) is 110 Å². The lowest BCUT2D eigenvalue weighted by Crippen LogP contribution is -2.49. The number of benzene rings is 2. The van der Waals surface area contributed by atoms with Crippen molar-refractivity contribution in [2.24, 2.45) is 0 Å². The molecule has 0 aliphatic carbocycles. The van der Waals surface area contributed by atoms with Crippen molar-refractivity contribution in [2.75, 3.05) is 18.1 Å². The number of nitrogens with zero attached hydrogens (tertiary/aromatic N) is 1. The monoisotopic (exact) mass is 439 g/mol. The fraction of sp³-hybridized carbons (Fsp3) is 0.333. The van der Waals surface area contributed by atoms with Crippen LogP contribution in [0.3, 0.4) is 0 Å². The minimum absolute atomic E-state index is 0.0528. The average molecular weight is 439 g/mol. The van der Waals surface area contributed by atoms with Gasteiger partial charge in [-0.1, -0.05) is 30.3 Å². The van der Waals surface area contributed by atoms with Gasteiger partial charge in [-0.25, -0.2) is 4.79 Å². The van der Waals surface area contributed by atoms with Gasteiger partial charge in [0.05, 0.1) is 18.7 Å². The zero-order valence-electron chi connectivity index (χ0n) is 17.8. The number of hydrogen-bond acceptors (Lipinski definition) is 6. The van der Waals surface area contributed by atoms with Crippen LogP contribution in [0.25, 0.3) is 0 Å². The van der Waals surface area contributed by atoms with Gasteiger partial charge in [0, 0.05) is 12.0 Å². The van der Waals surface area contributed by atoms with E-state index in [9.17, 15) is 24.3 Å². The van der Waals surface area contributed by atoms with Crippen LogP contribution in [0.5, 0.6) is 5.75 Å². The molecule has 0 radical (unpaired) electrons. The van der Waals surface area contributed by atoms with Gasteiger partial charge in [-0.3, -0.25) is 19.3 Å². The minimum Gasteiger partial charge on any atom is -0.482 e. The normalized spacial score (nSPS) is 13.7. The molecular weight excluding hydrogens is 414 g/mol. The zero-order chi connectivity index (χ0) is 23.1. The Morgan fingerprint density at radius 3 is 2.56 bits per heavy atom. The molecule has 0 saturated heterocycles. The Balaban J connectivity index is 1.83. The molecule has 3 rings (SSSR count). The van der Waals surface area contributed by atoms with Crippen molar-refractivity contribution in [3.05, 3.63) is 59.7 Å². The summed E-state index contributed by atoms with van der Waals surface area (Å²) in [5, 5.41) is 9.87. The van der Waals surface area contributed by atoms with Gasteiger partial charge >= 0.3 is 11.9 Å². The molecule has 8 nitrogen and oxygen atoms in total. The highest BCUT2D eigenvalue weighted by Crippen LogP contribution is 2.35. The Morgan fingerprint density at radius 2 is 1.88 bits per heavy atom. The smallest absolute Gasteiger partial charge is 0.326 e. The van der Waals surface area contributed by atoms with Crippen LogP contribution >= 0.6 is 0 Å². The van der Waals surface area contributed by atoms with Crippen molar-refractivity contribution in [1.29, 1.82) is 0 Å². The second kappa shape index (κ2) is 10.6. The summed E-state index contributed by atoms with van der Waals surface area (Å²) in [6.45, 7) is 1.64. The van der Waals surface area contributed by atoms with Gasteiger partial charge < -0.3 is 14.6 Å². The molecular formula is C24H25NO7. The van der Waals surface area contributed by atoms with Crippen molar-refractivity contribution < 1.29 is 33.8 Å². The van der Waals surface area contributed by atoms with E-state index in [1.165, 1.54) is 11.0 Å². The molecule has 1 aliphatic heterocycles. The van der Waals surface area contributed by atoms with Crippen molar-refractivity contribution in [3.63, 3.8) is 0 Å². The Bertz CT molecular complexity index is 1000. The number of amides is 1. The first-order valence-electron chi connectivity index (χ1n) is 10.4. The highest BCUT2D eigenvalue weighted by Gasteiger charge is 2.36. The predicted octanol–water partition coefficient (Wildman–Crippen LogP) is 3.02. The lowest BCUT2D eigenvalue weighted by molar-refractivity contribution is -0.143. The van der Waals surface area contributed by atoms with Crippen molar-refractivity contribution in [3.8, 4) is 5.75 Å². The number of aliphatic carboxylic acids is 1. The van der Waals surface area contributed by atoms with E-state index < -0.39 is 23.9 Å². The highest BCUT2D eigenvalue weighted by molar-refractivity contribution is 6.05. The molecule has 1 atom stereocenters. The van der Waals surface area contributed by atoms with Crippen LogP contribution in [0.15, 0.2) is 48.5 Å². The Hall–Kier alpha value is -3.68. The van der Waals surface area contributed by atoms with E-state index in [4.69, 9.17) is 9.47 Å². The number of carboxylic acids is 1. The Morgan fingerprint density at radius 1 is 1.12 bits per heavy atom. The molecule has 2 aromatic rings. The van der Waals surface area contributed by atoms with Crippen LogP contribution in [0.2, 0.25) is 0 Å². The summed E-state index contributed by atoms with van der Waals surface area (Å²) in [4.78, 5) is 50.1. The molecule has 1 heterocycles. The number of carbonyl (C=O) groups excluding carboxylic acids is 3. The molecule has 8 heteroatoms. The summed E-state index contributed by atoms with van der Waals surface area (Å²) in [5.74, 6) is -2.08. The van der Waals surface area contributed by atoms with Crippen molar-refractivity contribution in [1.82, 2.24) is 0 Å². The van der Waals surface area contributed by atoms with Crippen LogP contribution in [0.1, 0.15) is 42.1 Å². The number of fused-ring (bicyclic) bond motifs is 1. The molecule has 32 heavy (non-hydrogen) atoms. The fourth-order valence-corrected chi connectivity index (χ4v) is 3.59. The van der Waals surface area contributed by atoms with Gasteiger partial charge in [0.1, 0.15) is 11.8 Å². The van der Waals surface area contributed by atoms with E-state index in [1.807, 2.05) is 30.3 Å². The first kappa shape index (κ1) is 23.0. The molecule has 1 aliphatic rings. The fourth-order valence-electron chi connectivity index (χ4n) is 3.59. The molecule has 1 N–H and O–H groups in total. The Labute approximate surface area is 185 Å². The summed E-state index contributed by atoms with van der Waals surface area (Å²) in [6, 6.07) is 12.8. The third-order valence-electron chi connectivity index (χ3n) is 5.17. The molecule has 0 bridgehead atoms. The minimum atomic E-state index is -1.14. The first-order valence-corrected chi connectivity index (χ1v) is 10.4. The lowest BCUT2D eigenvalue weighted by atomic mass is 10.0. The van der Waals surface area contributed by atoms with Crippen LogP contribution in [-0.4, -0.2) is 48.0 Å². The molecule has 168 valence electrons. The number of ketones is 1. The summed E-state index contributed by atoms with van der Waals surface area (Å²) in [5.41, 5.74) is 1.47. The van der Waals surface area contributed by atoms with Gasteiger partial charge in [-0.2, -0.15) is 0 Å². The number of aryl methyl sites for hydroxylation is 1. The lowest BCUT2D eigenvalue weighted by Gasteiger charge is -2.34. The average Bonchev–Trinajstić information content (AvgIpc) is 2.79. The molecule has 1 amide bonds. The van der Waals surface area contributed by atoms with Gasteiger partial charge in [0.2, 0.25) is 0 Å². The number of anilines is 1. The molecule has 0 fully saturated rings. The van der Waals surface area contributed by atoms with Gasteiger partial charge in [0.25, 0.3) is 5.91 Å². The number of ether oxygens (including phenoxy) is 2. The molecule has 2 aromatic carbocycles. The summed E-state index contributed by atoms with van der Waals surface area (Å²) in [6.07, 6.45) is 0.558. The summed E-state index contributed by atoms with van der Waals surface area (Å²) < 4.78 is 10.3. The number of rotatable bonds is 10. The number of Topliss-reactive ketones (excluding diaryl/α,β-unsaturated/α-hetero) is 1. The van der Waals surface area contributed by atoms with Crippen molar-refractivity contribution in [2.45, 2.75) is 38.6 Å². The van der Waals surface area contributed by atoms with Gasteiger partial charge in [-0.15, -0.1) is 0 Å². The number of esters is 1. The SMILES string of the molecule is CCOC(=O)CCC(=O)c1ccc2c(c1)N(C(CCc1ccccc1)C(=O)O)C(=O)CO2. The largest absolute Gasteiger partial charge is 0.482 e. The molecule has 0 aromatic heterocycles. The predicted molar refractivity (Wildman–Crippen MR) is 116 cm³/mol. The maximum atomic E-state index is 12.7. The van der Waals surface area contributed by atoms with E-state index in [2.05, 4.69) is 0 Å². The van der Waals surface area contributed by atoms with Crippen LogP contribution in [-0.2, 0) is 25.5 Å². The number of carboxylic acid groups (broad SMARTS) is 1. The number of carbonyl (C=O) groups is 4. The van der Waals surface area contributed by atoms with E-state index in [0.29, 0.717) is 12.2 Å². The Kier molecular flexibility index (Phi) is 7.59. The summed E-state index contributed by atoms with van der Waals surface area (Å²) >= 11 is 0. The third kappa shape index (κ3) is 5.51. The van der Waals surface area contributed by atoms with Crippen LogP contribution in [0, 0.1) is 0 Å². The number of hydrogen-bond donors (Lipinski definition) is 1. The molecule has 0 spiro atoms. The second-order valence-corrected chi connectivity index (χ2v) is 7.34. The van der Waals surface area contributed by atoms with E-state index in [-0.39, 0.29) is 49.5 Å². The van der Waals surface area contributed by atoms with Crippen LogP contribution in [0.4, 0.5) is 5.69 Å². The zero-order valence-corrected chi connectivity index (χ0v) is 17.8. The van der Waals surface area contributed by atoms with E-state index >= 15 is 0 Å². The third-order valence-corrected chi connectivity index (χ3v) is 5.17. The first-order chi connectivity index (χ1) is 15.4. The van der Waals surface area contributed by atoms with Gasteiger partial charge in [0.15, 0.2) is 12.4 Å². The standard InChI is InChI=1S/C24H25NO7/c1-2-31-23(28)13-11-20(26)17-9-12-21-19(14-17)25(22(27)15-32-21)18(24(29)30)10-8-16-6-4-3-5-7-16/h3-7,9,12,14,18H,2,8,10-11,13,15H2,1H3,(H,29,30). The maximum Gasteiger partial charge on any atom is 0.326 e. The van der Waals surface area contributed by atoms with Crippen LogP contribution < -0.4 is 9.64 Å². The summed E-state index contributed by atoms with van der Waals surface area (Å²) in [7, 11) is 0. The molecule has 0 saturated carbocycles. The van der Waals surface area contributed by atoms with E-state index in [1.54, 1.807) is 19.1 Å². The highest BCUT2D eigenvalue weighted by atomic mass is 16.5. The molecule has 1 unspecified atom stereocenters. The second-order valence-electron chi connectivity index (χ2n) is 7.34. The van der Waals surface area contributed by atoms with Crippen molar-refractivity contribution >= 4 is 29.3 Å².